The Balaban J connectivity index is 2.63. The van der Waals surface area contributed by atoms with Crippen molar-refractivity contribution in [3.8, 4) is 0 Å². The molecule has 16 heavy (non-hydrogen) atoms. The van der Waals surface area contributed by atoms with Gasteiger partial charge in [-0.1, -0.05) is 11.2 Å². The molecule has 0 bridgehead atoms. The first kappa shape index (κ1) is 10.3. The summed E-state index contributed by atoms with van der Waals surface area (Å²) in [7, 11) is 0. The smallest absolute Gasteiger partial charge is 0.409 e. The van der Waals surface area contributed by atoms with Crippen LogP contribution < -0.4 is 11.5 Å². The highest BCUT2D eigenvalue weighted by Gasteiger charge is 2.10. The Kier molecular flexibility index (Phi) is 2.40. The lowest BCUT2D eigenvalue weighted by atomic mass is 10.2. The summed E-state index contributed by atoms with van der Waals surface area (Å²) in [5.74, 6) is -0.571. The zero-order valence-electron chi connectivity index (χ0n) is 8.67. The minimum atomic E-state index is -0.521. The Morgan fingerprint density at radius 1 is 1.62 bits per heavy atom. The summed E-state index contributed by atoms with van der Waals surface area (Å²) < 4.78 is 6.33. The summed E-state index contributed by atoms with van der Waals surface area (Å²) in [5, 5.41) is 11.3. The van der Waals surface area contributed by atoms with Crippen LogP contribution in [0.5, 0.6) is 0 Å². The van der Waals surface area contributed by atoms with Crippen molar-refractivity contribution in [2.24, 2.45) is 10.9 Å². The van der Waals surface area contributed by atoms with Crippen LogP contribution in [0.3, 0.4) is 0 Å². The summed E-state index contributed by atoms with van der Waals surface area (Å²) in [6, 6.07) is 5.37. The van der Waals surface area contributed by atoms with Crippen molar-refractivity contribution in [3.63, 3.8) is 0 Å². The lowest BCUT2D eigenvalue weighted by Crippen LogP contribution is -2.25. The number of aryl methyl sites for hydroxylation is 1. The molecular formula is C10H11N3O3. The zero-order valence-corrected chi connectivity index (χ0v) is 8.67. The quantitative estimate of drug-likeness (QED) is 0.337. The number of rotatable bonds is 2. The van der Waals surface area contributed by atoms with Gasteiger partial charge in [0.25, 0.3) is 0 Å². The molecule has 0 radical (unpaired) electrons. The van der Waals surface area contributed by atoms with E-state index in [1.54, 1.807) is 6.07 Å². The number of oxime groups is 1. The molecule has 3 N–H and O–H groups in total. The Morgan fingerprint density at radius 3 is 3.06 bits per heavy atom. The molecule has 1 heterocycles. The summed E-state index contributed by atoms with van der Waals surface area (Å²) in [5.41, 5.74) is 7.49. The molecule has 2 rings (SSSR count). The van der Waals surface area contributed by atoms with Gasteiger partial charge in [0.15, 0.2) is 11.4 Å². The van der Waals surface area contributed by atoms with Crippen molar-refractivity contribution in [2.75, 3.05) is 0 Å². The minimum absolute atomic E-state index is 0.00574. The Hall–Kier alpha value is -2.24. The van der Waals surface area contributed by atoms with Crippen molar-refractivity contribution in [1.82, 2.24) is 4.57 Å². The third-order valence-electron chi connectivity index (χ3n) is 2.27. The molecule has 0 amide bonds. The standard InChI is InChI=1S/C10H11N3O3/c1-6-2-3-8-7(4-6)13(10(14)16-8)5-9(11)12-15/h2-4,15H,5H2,1H3,(H2,11,12). The van der Waals surface area contributed by atoms with Crippen LogP contribution in [0.1, 0.15) is 5.56 Å². The molecule has 0 spiro atoms. The van der Waals surface area contributed by atoms with E-state index in [0.29, 0.717) is 11.1 Å². The third-order valence-corrected chi connectivity index (χ3v) is 2.27. The normalized spacial score (nSPS) is 12.2. The van der Waals surface area contributed by atoms with Crippen LogP contribution in [0.2, 0.25) is 0 Å². The summed E-state index contributed by atoms with van der Waals surface area (Å²) in [6.45, 7) is 1.91. The average Bonchev–Trinajstić information content (AvgIpc) is 2.55. The van der Waals surface area contributed by atoms with Crippen LogP contribution in [0, 0.1) is 6.92 Å². The second-order valence-electron chi connectivity index (χ2n) is 3.52. The Morgan fingerprint density at radius 2 is 2.38 bits per heavy atom. The minimum Gasteiger partial charge on any atom is -0.409 e. The third kappa shape index (κ3) is 1.65. The van der Waals surface area contributed by atoms with Crippen LogP contribution in [0.25, 0.3) is 11.1 Å². The van der Waals surface area contributed by atoms with Gasteiger partial charge >= 0.3 is 5.76 Å². The predicted molar refractivity (Wildman–Crippen MR) is 58.6 cm³/mol. The monoisotopic (exact) mass is 221 g/mol. The van der Waals surface area contributed by atoms with Crippen molar-refractivity contribution in [1.29, 1.82) is 0 Å². The molecule has 0 saturated carbocycles. The molecule has 0 unspecified atom stereocenters. The van der Waals surface area contributed by atoms with Crippen molar-refractivity contribution < 1.29 is 9.62 Å². The number of hydrogen-bond acceptors (Lipinski definition) is 4. The first-order chi connectivity index (χ1) is 7.61. The van der Waals surface area contributed by atoms with Crippen LogP contribution in [0.15, 0.2) is 32.6 Å². The van der Waals surface area contributed by atoms with E-state index >= 15 is 0 Å². The number of amidine groups is 1. The molecule has 0 saturated heterocycles. The van der Waals surface area contributed by atoms with E-state index in [-0.39, 0.29) is 12.4 Å². The molecule has 6 nitrogen and oxygen atoms in total. The van der Waals surface area contributed by atoms with E-state index in [1.165, 1.54) is 4.57 Å². The van der Waals surface area contributed by atoms with Crippen LogP contribution in [0.4, 0.5) is 0 Å². The van der Waals surface area contributed by atoms with E-state index in [9.17, 15) is 4.79 Å². The maximum absolute atomic E-state index is 11.5. The lowest BCUT2D eigenvalue weighted by molar-refractivity contribution is 0.316. The van der Waals surface area contributed by atoms with Gasteiger partial charge in [-0.25, -0.2) is 4.79 Å². The molecule has 0 aliphatic rings. The predicted octanol–water partition coefficient (Wildman–Crippen LogP) is 0.649. The molecule has 0 aliphatic carbocycles. The van der Waals surface area contributed by atoms with Gasteiger partial charge in [0, 0.05) is 0 Å². The number of aromatic nitrogens is 1. The summed E-state index contributed by atoms with van der Waals surface area (Å²) in [4.78, 5) is 11.5. The second-order valence-corrected chi connectivity index (χ2v) is 3.52. The molecule has 1 aromatic carbocycles. The molecule has 2 aromatic rings. The average molecular weight is 221 g/mol. The van der Waals surface area contributed by atoms with Crippen LogP contribution >= 0.6 is 0 Å². The van der Waals surface area contributed by atoms with Crippen molar-refractivity contribution in [2.45, 2.75) is 13.5 Å². The molecule has 1 aromatic heterocycles. The fraction of sp³-hybridized carbons (Fsp3) is 0.200. The van der Waals surface area contributed by atoms with E-state index in [1.807, 2.05) is 19.1 Å². The fourth-order valence-corrected chi connectivity index (χ4v) is 1.52. The van der Waals surface area contributed by atoms with Crippen molar-refractivity contribution >= 4 is 16.9 Å². The molecule has 0 fully saturated rings. The van der Waals surface area contributed by atoms with Gasteiger partial charge in [0.2, 0.25) is 0 Å². The number of oxazole rings is 1. The SMILES string of the molecule is Cc1ccc2oc(=O)n(C/C(N)=N\O)c2c1. The molecule has 0 atom stereocenters. The first-order valence-electron chi connectivity index (χ1n) is 4.68. The van der Waals surface area contributed by atoms with E-state index < -0.39 is 5.76 Å². The maximum atomic E-state index is 11.5. The number of nitrogens with zero attached hydrogens (tertiary/aromatic N) is 2. The van der Waals surface area contributed by atoms with Gasteiger partial charge in [0.1, 0.15) is 0 Å². The number of fused-ring (bicyclic) bond motifs is 1. The molecule has 6 heteroatoms. The van der Waals surface area contributed by atoms with Gasteiger partial charge in [0.05, 0.1) is 12.1 Å². The van der Waals surface area contributed by atoms with E-state index in [4.69, 9.17) is 15.4 Å². The highest BCUT2D eigenvalue weighted by molar-refractivity contribution is 5.82. The second kappa shape index (κ2) is 3.73. The maximum Gasteiger partial charge on any atom is 0.420 e. The van der Waals surface area contributed by atoms with Gasteiger partial charge in [-0.2, -0.15) is 0 Å². The Labute approximate surface area is 90.6 Å². The summed E-state index contributed by atoms with van der Waals surface area (Å²) in [6.07, 6.45) is 0. The van der Waals surface area contributed by atoms with Crippen LogP contribution in [-0.2, 0) is 6.54 Å². The molecule has 0 aliphatic heterocycles. The van der Waals surface area contributed by atoms with E-state index in [2.05, 4.69) is 5.16 Å². The molecule has 84 valence electrons. The number of nitrogens with two attached hydrogens (primary N) is 1. The molecular weight excluding hydrogens is 210 g/mol. The topological polar surface area (TPSA) is 93.8 Å². The zero-order chi connectivity index (χ0) is 11.7. The summed E-state index contributed by atoms with van der Waals surface area (Å²) >= 11 is 0. The van der Waals surface area contributed by atoms with E-state index in [0.717, 1.165) is 5.56 Å². The highest BCUT2D eigenvalue weighted by Crippen LogP contribution is 2.14. The number of benzene rings is 1. The fourth-order valence-electron chi connectivity index (χ4n) is 1.52. The first-order valence-corrected chi connectivity index (χ1v) is 4.68. The van der Waals surface area contributed by atoms with Crippen molar-refractivity contribution in [3.05, 3.63) is 34.3 Å². The van der Waals surface area contributed by atoms with Crippen LogP contribution in [-0.4, -0.2) is 15.6 Å². The van der Waals surface area contributed by atoms with Gasteiger partial charge in [-0.15, -0.1) is 0 Å². The van der Waals surface area contributed by atoms with Gasteiger partial charge in [-0.05, 0) is 24.6 Å². The number of hydrogen-bond donors (Lipinski definition) is 2. The largest absolute Gasteiger partial charge is 0.420 e. The Bertz CT molecular complexity index is 609. The highest BCUT2D eigenvalue weighted by atomic mass is 16.4. The van der Waals surface area contributed by atoms with Gasteiger partial charge < -0.3 is 15.4 Å². The van der Waals surface area contributed by atoms with Gasteiger partial charge in [-0.3, -0.25) is 4.57 Å². The lowest BCUT2D eigenvalue weighted by Gasteiger charge is -2.00.